The molecule has 0 saturated heterocycles. The third-order valence-electron chi connectivity index (χ3n) is 10.2. The lowest BCUT2D eigenvalue weighted by atomic mass is 9.51. The van der Waals surface area contributed by atoms with Crippen molar-refractivity contribution in [3.63, 3.8) is 0 Å². The second-order valence-corrected chi connectivity index (χ2v) is 12.9. The first kappa shape index (κ1) is 47.1. The minimum Gasteiger partial charge on any atom is -0.365 e. The van der Waals surface area contributed by atoms with E-state index < -0.39 is 51.6 Å². The van der Waals surface area contributed by atoms with Crippen LogP contribution in [0.3, 0.4) is 0 Å². The largest absolute Gasteiger partial charge is 0.365 e. The van der Waals surface area contributed by atoms with Crippen molar-refractivity contribution in [1.29, 1.82) is 0 Å². The van der Waals surface area contributed by atoms with E-state index in [0.717, 1.165) is 0 Å². The van der Waals surface area contributed by atoms with Crippen molar-refractivity contribution in [3.05, 3.63) is 49.6 Å². The zero-order valence-corrected chi connectivity index (χ0v) is 34.5. The van der Waals surface area contributed by atoms with Crippen LogP contribution in [0.4, 0.5) is 0 Å². The predicted octanol–water partition coefficient (Wildman–Crippen LogP) is 6.52. The van der Waals surface area contributed by atoms with Gasteiger partial charge in [-0.3, -0.25) is 9.59 Å². The fraction of sp³-hybridized carbons (Fsp3) is 0.756. The predicted molar refractivity (Wildman–Crippen MR) is 202 cm³/mol. The summed E-state index contributed by atoms with van der Waals surface area (Å²) in [5.74, 6) is -10.8. The fourth-order valence-corrected chi connectivity index (χ4v) is 8.71. The van der Waals surface area contributed by atoms with Crippen LogP contribution < -0.4 is 0 Å². The number of hydrogen-bond acceptors (Lipinski definition) is 12. The Balaban J connectivity index is 3.56. The molecule has 2 aliphatic carbocycles. The number of carbonyl (C=O) groups excluding carboxylic acids is 2. The second-order valence-electron chi connectivity index (χ2n) is 12.9. The Morgan fingerprint density at radius 1 is 0.491 bits per heavy atom. The van der Waals surface area contributed by atoms with Crippen molar-refractivity contribution in [2.75, 3.05) is 66.1 Å². The lowest BCUT2D eigenvalue weighted by molar-refractivity contribution is -0.499. The van der Waals surface area contributed by atoms with Gasteiger partial charge in [-0.25, -0.2) is 0 Å². The Morgan fingerprint density at radius 3 is 0.943 bits per heavy atom. The topological polar surface area (TPSA) is 126 Å². The van der Waals surface area contributed by atoms with Crippen molar-refractivity contribution in [2.45, 2.75) is 117 Å². The molecule has 53 heavy (non-hydrogen) atoms. The molecule has 0 bridgehead atoms. The van der Waals surface area contributed by atoms with Crippen LogP contribution in [-0.2, 0) is 57.0 Å². The summed E-state index contributed by atoms with van der Waals surface area (Å²) >= 11 is 0. The molecule has 0 radical (unpaired) electrons. The average Bonchev–Trinajstić information content (AvgIpc) is 3.12. The third-order valence-corrected chi connectivity index (χ3v) is 10.2. The van der Waals surface area contributed by atoms with Gasteiger partial charge in [0.1, 0.15) is 0 Å². The van der Waals surface area contributed by atoms with E-state index in [1.807, 2.05) is 55.4 Å². The van der Waals surface area contributed by atoms with E-state index in [9.17, 15) is 9.59 Å². The van der Waals surface area contributed by atoms with Gasteiger partial charge in [-0.2, -0.15) is 0 Å². The summed E-state index contributed by atoms with van der Waals surface area (Å²) in [5.41, 5.74) is -4.99. The highest BCUT2D eigenvalue weighted by molar-refractivity contribution is 5.94. The molecule has 2 aliphatic rings. The minimum absolute atomic E-state index is 0.0902. The average molecular weight is 753 g/mol. The molecule has 0 fully saturated rings. The Labute approximate surface area is 318 Å². The van der Waals surface area contributed by atoms with Gasteiger partial charge in [0.2, 0.25) is 11.6 Å². The fourth-order valence-electron chi connectivity index (χ4n) is 8.71. The summed E-state index contributed by atoms with van der Waals surface area (Å²) in [6.45, 7) is 30.7. The smallest absolute Gasteiger partial charge is 0.259 e. The maximum Gasteiger partial charge on any atom is 0.259 e. The van der Waals surface area contributed by atoms with Gasteiger partial charge in [0.05, 0.1) is 11.8 Å². The molecule has 4 unspecified atom stereocenters. The van der Waals surface area contributed by atoms with Gasteiger partial charge in [0, 0.05) is 71.5 Å². The molecule has 0 saturated carbocycles. The molecule has 2 rings (SSSR count). The monoisotopic (exact) mass is 752 g/mol. The van der Waals surface area contributed by atoms with Crippen LogP contribution in [0, 0.1) is 17.3 Å². The lowest BCUT2D eigenvalue weighted by Crippen LogP contribution is -2.87. The normalized spacial score (nSPS) is 27.0. The molecule has 0 aromatic heterocycles. The SMILES string of the molecule is C=CC(=O)C1C=CC(OCC)(C(C)(C)C2(OCC)C=CC(C(=O)C=C)C(OCC)(OCC)C2(OCC)OCC)C(OCC)(OCC)C1(OCC)OCC. The summed E-state index contributed by atoms with van der Waals surface area (Å²) in [6.07, 6.45) is 9.46. The second kappa shape index (κ2) is 19.7. The van der Waals surface area contributed by atoms with Crippen molar-refractivity contribution in [1.82, 2.24) is 0 Å². The number of allylic oxidation sites excluding steroid dienone is 2. The third kappa shape index (κ3) is 7.00. The Kier molecular flexibility index (Phi) is 17.5. The van der Waals surface area contributed by atoms with Gasteiger partial charge in [0.15, 0.2) is 22.8 Å². The molecule has 0 heterocycles. The molecule has 0 aromatic rings. The molecule has 0 spiro atoms. The highest BCUT2D eigenvalue weighted by Crippen LogP contribution is 2.67. The number of carbonyl (C=O) groups is 2. The molecule has 0 aromatic carbocycles. The lowest BCUT2D eigenvalue weighted by Gasteiger charge is -2.70. The summed E-state index contributed by atoms with van der Waals surface area (Å²) in [7, 11) is 0. The first-order valence-corrected chi connectivity index (χ1v) is 19.4. The van der Waals surface area contributed by atoms with E-state index in [-0.39, 0.29) is 77.6 Å². The Bertz CT molecular complexity index is 1160. The van der Waals surface area contributed by atoms with E-state index in [1.54, 1.807) is 52.0 Å². The van der Waals surface area contributed by atoms with Crippen molar-refractivity contribution in [3.8, 4) is 0 Å². The van der Waals surface area contributed by atoms with Crippen LogP contribution in [0.2, 0.25) is 0 Å². The molecule has 0 amide bonds. The maximum absolute atomic E-state index is 13.9. The molecule has 0 N–H and O–H groups in total. The standard InChI is InChI=1S/C41H68O12/c1-15-33(42)31-27-29-36(44-17-3,40(50-23-9,51-24-10)38(31,46-19-5)47-20-6)35(13,14)37(45-18-4)30-28-32(34(43)16-2)39(48-21-7,49-22-8)41(37,52-25-11)53-26-12/h15-16,27-32H,1-2,17-26H2,3-14H3. The quantitative estimate of drug-likeness (QED) is 0.0542. The van der Waals surface area contributed by atoms with Crippen LogP contribution in [-0.4, -0.2) is 112 Å². The molecule has 0 aliphatic heterocycles. The molecule has 12 nitrogen and oxygen atoms in total. The molecular formula is C41H68O12. The zero-order chi connectivity index (χ0) is 40.2. The minimum atomic E-state index is -2.02. The Hall–Kier alpha value is -2.10. The van der Waals surface area contributed by atoms with Gasteiger partial charge in [-0.05, 0) is 93.5 Å². The first-order valence-electron chi connectivity index (χ1n) is 19.4. The van der Waals surface area contributed by atoms with E-state index in [2.05, 4.69) is 13.2 Å². The van der Waals surface area contributed by atoms with Gasteiger partial charge >= 0.3 is 0 Å². The maximum atomic E-state index is 13.9. The highest BCUT2D eigenvalue weighted by atomic mass is 16.8. The highest BCUT2D eigenvalue weighted by Gasteiger charge is 2.85. The Morgan fingerprint density at radius 2 is 0.736 bits per heavy atom. The number of rotatable bonds is 26. The molecule has 4 atom stereocenters. The van der Waals surface area contributed by atoms with Crippen LogP contribution in [0.15, 0.2) is 49.6 Å². The number of ether oxygens (including phenoxy) is 10. The molecule has 304 valence electrons. The van der Waals surface area contributed by atoms with E-state index in [4.69, 9.17) is 47.4 Å². The van der Waals surface area contributed by atoms with Gasteiger partial charge < -0.3 is 47.4 Å². The van der Waals surface area contributed by atoms with E-state index in [1.165, 1.54) is 12.2 Å². The van der Waals surface area contributed by atoms with Gasteiger partial charge in [-0.15, -0.1) is 0 Å². The zero-order valence-electron chi connectivity index (χ0n) is 34.5. The van der Waals surface area contributed by atoms with Crippen molar-refractivity contribution < 1.29 is 57.0 Å². The van der Waals surface area contributed by atoms with Crippen LogP contribution in [0.25, 0.3) is 0 Å². The molecule has 12 heteroatoms. The summed E-state index contributed by atoms with van der Waals surface area (Å²) in [6, 6.07) is 0. The van der Waals surface area contributed by atoms with E-state index in [0.29, 0.717) is 0 Å². The van der Waals surface area contributed by atoms with Crippen LogP contribution >= 0.6 is 0 Å². The van der Waals surface area contributed by atoms with Gasteiger partial charge in [0.25, 0.3) is 11.6 Å². The van der Waals surface area contributed by atoms with E-state index >= 15 is 0 Å². The van der Waals surface area contributed by atoms with Crippen molar-refractivity contribution in [2.24, 2.45) is 17.3 Å². The summed E-state index contributed by atoms with van der Waals surface area (Å²) in [4.78, 5) is 27.8. The first-order chi connectivity index (χ1) is 25.3. The van der Waals surface area contributed by atoms with Crippen LogP contribution in [0.1, 0.15) is 83.1 Å². The van der Waals surface area contributed by atoms with Crippen LogP contribution in [0.5, 0.6) is 0 Å². The number of hydrogen-bond donors (Lipinski definition) is 0. The molecular weight excluding hydrogens is 684 g/mol. The number of ketones is 2. The van der Waals surface area contributed by atoms with Gasteiger partial charge in [-0.1, -0.05) is 39.2 Å². The summed E-state index contributed by atoms with van der Waals surface area (Å²) < 4.78 is 68.5. The van der Waals surface area contributed by atoms with Crippen molar-refractivity contribution >= 4 is 11.6 Å². The summed E-state index contributed by atoms with van der Waals surface area (Å²) in [5, 5.41) is 0.